The van der Waals surface area contributed by atoms with Crippen LogP contribution in [0.3, 0.4) is 0 Å². The summed E-state index contributed by atoms with van der Waals surface area (Å²) in [6, 6.07) is 14.4. The number of hydrogen-bond acceptors (Lipinski definition) is 5. The molecule has 29 heavy (non-hydrogen) atoms. The molecule has 0 amide bonds. The van der Waals surface area contributed by atoms with Gasteiger partial charge in [-0.25, -0.2) is 4.98 Å². The van der Waals surface area contributed by atoms with Crippen molar-refractivity contribution < 1.29 is 4.79 Å². The molecule has 0 radical (unpaired) electrons. The van der Waals surface area contributed by atoms with E-state index in [9.17, 15) is 9.59 Å². The highest BCUT2D eigenvalue weighted by atomic mass is 35.5. The van der Waals surface area contributed by atoms with Crippen LogP contribution in [0.4, 0.5) is 0 Å². The first kappa shape index (κ1) is 21.7. The second-order valence-electron chi connectivity index (χ2n) is 6.37. The smallest absolute Gasteiger partial charge is 0.257 e. The fraction of sp³-hybridized carbons (Fsp3) is 0.227. The molecule has 0 aliphatic carbocycles. The van der Waals surface area contributed by atoms with E-state index in [0.717, 1.165) is 15.7 Å². The third kappa shape index (κ3) is 4.94. The van der Waals surface area contributed by atoms with E-state index in [2.05, 4.69) is 4.98 Å². The van der Waals surface area contributed by atoms with E-state index in [4.69, 9.17) is 11.6 Å². The molecule has 4 nitrogen and oxygen atoms in total. The minimum Gasteiger partial charge on any atom is -0.289 e. The van der Waals surface area contributed by atoms with Crippen LogP contribution in [-0.2, 0) is 12.3 Å². The number of carbonyl (C=O) groups is 1. The first-order chi connectivity index (χ1) is 13.9. The molecule has 0 bridgehead atoms. The van der Waals surface area contributed by atoms with Gasteiger partial charge in [-0.1, -0.05) is 23.4 Å². The van der Waals surface area contributed by atoms with Gasteiger partial charge in [-0.3, -0.25) is 14.2 Å². The fourth-order valence-electron chi connectivity index (χ4n) is 2.87. The van der Waals surface area contributed by atoms with Crippen LogP contribution in [0.5, 0.6) is 0 Å². The SMILES string of the molecule is CCn1c(SC)nc(CSc2ccc(C(=O)c3ccc(Cl)cc3)cc2)c(C)c1=O. The van der Waals surface area contributed by atoms with Crippen LogP contribution >= 0.6 is 35.1 Å². The highest BCUT2D eigenvalue weighted by Crippen LogP contribution is 2.25. The Morgan fingerprint density at radius 2 is 1.66 bits per heavy atom. The number of hydrogen-bond donors (Lipinski definition) is 0. The summed E-state index contributed by atoms with van der Waals surface area (Å²) < 4.78 is 1.70. The largest absolute Gasteiger partial charge is 0.289 e. The average Bonchev–Trinajstić information content (AvgIpc) is 2.75. The van der Waals surface area contributed by atoms with E-state index in [1.165, 1.54) is 11.8 Å². The maximum atomic E-state index is 12.6. The van der Waals surface area contributed by atoms with Gasteiger partial charge in [-0.05, 0) is 68.6 Å². The summed E-state index contributed by atoms with van der Waals surface area (Å²) in [6.45, 7) is 4.39. The predicted octanol–water partition coefficient (Wildman–Crippen LogP) is 5.47. The molecule has 7 heteroatoms. The maximum absolute atomic E-state index is 12.6. The number of nitrogens with zero attached hydrogens (tertiary/aromatic N) is 2. The summed E-state index contributed by atoms with van der Waals surface area (Å²) in [5, 5.41) is 1.34. The van der Waals surface area contributed by atoms with Crippen molar-refractivity contribution >= 4 is 40.9 Å². The van der Waals surface area contributed by atoms with Crippen LogP contribution < -0.4 is 5.56 Å². The van der Waals surface area contributed by atoms with E-state index in [1.807, 2.05) is 44.4 Å². The lowest BCUT2D eigenvalue weighted by atomic mass is 10.0. The predicted molar refractivity (Wildman–Crippen MR) is 122 cm³/mol. The summed E-state index contributed by atoms with van der Waals surface area (Å²) in [7, 11) is 0. The zero-order valence-corrected chi connectivity index (χ0v) is 18.8. The number of thioether (sulfide) groups is 2. The van der Waals surface area contributed by atoms with Gasteiger partial charge in [-0.15, -0.1) is 11.8 Å². The molecule has 2 aromatic carbocycles. The van der Waals surface area contributed by atoms with Crippen molar-refractivity contribution in [1.29, 1.82) is 0 Å². The fourth-order valence-corrected chi connectivity index (χ4v) is 4.54. The molecule has 0 aliphatic heterocycles. The van der Waals surface area contributed by atoms with Crippen molar-refractivity contribution in [1.82, 2.24) is 9.55 Å². The Morgan fingerprint density at radius 3 is 2.21 bits per heavy atom. The summed E-state index contributed by atoms with van der Waals surface area (Å²) in [5.41, 5.74) is 2.74. The first-order valence-corrected chi connectivity index (χ1v) is 11.7. The van der Waals surface area contributed by atoms with Gasteiger partial charge < -0.3 is 0 Å². The highest BCUT2D eigenvalue weighted by Gasteiger charge is 2.13. The Balaban J connectivity index is 1.74. The number of rotatable bonds is 7. The van der Waals surface area contributed by atoms with Crippen molar-refractivity contribution in [2.75, 3.05) is 6.26 Å². The molecule has 0 N–H and O–H groups in total. The zero-order valence-electron chi connectivity index (χ0n) is 16.4. The topological polar surface area (TPSA) is 52.0 Å². The van der Waals surface area contributed by atoms with Gasteiger partial charge in [0.15, 0.2) is 10.9 Å². The van der Waals surface area contributed by atoms with E-state index in [1.54, 1.807) is 40.6 Å². The summed E-state index contributed by atoms with van der Waals surface area (Å²) in [5.74, 6) is 0.562. The molecule has 0 fully saturated rings. The Morgan fingerprint density at radius 1 is 1.07 bits per heavy atom. The Labute approximate surface area is 183 Å². The van der Waals surface area contributed by atoms with Gasteiger partial charge in [-0.2, -0.15) is 0 Å². The molecule has 0 aliphatic rings. The second kappa shape index (κ2) is 9.65. The molecule has 150 valence electrons. The van der Waals surface area contributed by atoms with Crippen molar-refractivity contribution in [3.8, 4) is 0 Å². The van der Waals surface area contributed by atoms with Crippen LogP contribution in [0.2, 0.25) is 5.02 Å². The van der Waals surface area contributed by atoms with Crippen LogP contribution in [-0.4, -0.2) is 21.6 Å². The zero-order chi connectivity index (χ0) is 21.0. The van der Waals surface area contributed by atoms with Crippen LogP contribution in [0.1, 0.15) is 34.1 Å². The van der Waals surface area contributed by atoms with Crippen molar-refractivity contribution in [2.45, 2.75) is 36.2 Å². The number of aromatic nitrogens is 2. The molecule has 3 aromatic rings. The molecular weight excluding hydrogens is 424 g/mol. The normalized spacial score (nSPS) is 10.9. The quantitative estimate of drug-likeness (QED) is 0.275. The Hall–Kier alpha value is -2.02. The minimum absolute atomic E-state index is 0.0198. The Bertz CT molecular complexity index is 1080. The summed E-state index contributed by atoms with van der Waals surface area (Å²) in [4.78, 5) is 30.8. The number of carbonyl (C=O) groups excluding carboxylic acids is 1. The van der Waals surface area contributed by atoms with Gasteiger partial charge in [0.1, 0.15) is 0 Å². The van der Waals surface area contributed by atoms with E-state index in [-0.39, 0.29) is 11.3 Å². The highest BCUT2D eigenvalue weighted by molar-refractivity contribution is 7.98. The lowest BCUT2D eigenvalue weighted by Gasteiger charge is -2.12. The average molecular weight is 445 g/mol. The van der Waals surface area contributed by atoms with Gasteiger partial charge in [0, 0.05) is 38.9 Å². The van der Waals surface area contributed by atoms with Gasteiger partial charge in [0.2, 0.25) is 0 Å². The third-order valence-electron chi connectivity index (χ3n) is 4.56. The molecule has 0 atom stereocenters. The van der Waals surface area contributed by atoms with Crippen LogP contribution in [0.25, 0.3) is 0 Å². The number of ketones is 1. The number of benzene rings is 2. The lowest BCUT2D eigenvalue weighted by molar-refractivity contribution is 0.103. The molecular formula is C22H21ClN2O2S2. The van der Waals surface area contributed by atoms with Crippen LogP contribution in [0.15, 0.2) is 63.4 Å². The van der Waals surface area contributed by atoms with Crippen molar-refractivity contribution in [3.63, 3.8) is 0 Å². The number of halogens is 1. The van der Waals surface area contributed by atoms with Crippen molar-refractivity contribution in [3.05, 3.63) is 86.3 Å². The van der Waals surface area contributed by atoms with Gasteiger partial charge in [0.05, 0.1) is 5.69 Å². The maximum Gasteiger partial charge on any atom is 0.257 e. The summed E-state index contributed by atoms with van der Waals surface area (Å²) >= 11 is 8.96. The molecule has 1 heterocycles. The molecule has 0 unspecified atom stereocenters. The van der Waals surface area contributed by atoms with E-state index in [0.29, 0.717) is 34.0 Å². The summed E-state index contributed by atoms with van der Waals surface area (Å²) in [6.07, 6.45) is 1.93. The first-order valence-electron chi connectivity index (χ1n) is 9.12. The second-order valence-corrected chi connectivity index (χ2v) is 8.63. The van der Waals surface area contributed by atoms with Crippen LogP contribution in [0, 0.1) is 6.92 Å². The molecule has 3 rings (SSSR count). The van der Waals surface area contributed by atoms with E-state index >= 15 is 0 Å². The minimum atomic E-state index is -0.0384. The monoisotopic (exact) mass is 444 g/mol. The van der Waals surface area contributed by atoms with Gasteiger partial charge >= 0.3 is 0 Å². The third-order valence-corrected chi connectivity index (χ3v) is 6.51. The van der Waals surface area contributed by atoms with Gasteiger partial charge in [0.25, 0.3) is 5.56 Å². The van der Waals surface area contributed by atoms with E-state index < -0.39 is 0 Å². The molecule has 0 saturated carbocycles. The Kier molecular flexibility index (Phi) is 7.22. The molecule has 0 saturated heterocycles. The molecule has 0 spiro atoms. The standard InChI is InChI=1S/C22H21ClN2O2S2/c1-4-25-21(27)14(2)19(24-22(25)28-3)13-29-18-11-7-16(8-12-18)20(26)15-5-9-17(23)10-6-15/h5-12H,4,13H2,1-3H3. The molecule has 1 aromatic heterocycles. The van der Waals surface area contributed by atoms with Crippen molar-refractivity contribution in [2.24, 2.45) is 0 Å². The lowest BCUT2D eigenvalue weighted by Crippen LogP contribution is -2.26.